The van der Waals surface area contributed by atoms with E-state index in [2.05, 4.69) is 4.98 Å². The van der Waals surface area contributed by atoms with Gasteiger partial charge in [-0.2, -0.15) is 26.3 Å². The van der Waals surface area contributed by atoms with E-state index in [-0.39, 0.29) is 61.8 Å². The third-order valence-corrected chi connectivity index (χ3v) is 8.90. The highest BCUT2D eigenvalue weighted by Crippen LogP contribution is 2.53. The minimum atomic E-state index is -4.58. The summed E-state index contributed by atoms with van der Waals surface area (Å²) in [6.07, 6.45) is -7.38. The normalized spacial score (nSPS) is 33.8. The first-order valence-electron chi connectivity index (χ1n) is 13.2. The Labute approximate surface area is 217 Å². The number of rotatable bonds is 6. The standard InChI is InChI=1S/C26H33F6N3O3/c1-37-20-14-38-8-6-17(20)9-16-5-7-24(11-16,15-25(27,28)29)23(36)35-13-18-10-19(35)12-34(18)22-4-2-3-21(33-22)26(30,31)32/h2-4,16-20H,5-15H2,1H3/t16-,17+,18+,19+,20+,24-/m0/s1. The number of methoxy groups -OCH3 is 1. The quantitative estimate of drug-likeness (QED) is 0.464. The van der Waals surface area contributed by atoms with Crippen LogP contribution in [0.2, 0.25) is 0 Å². The van der Waals surface area contributed by atoms with Crippen molar-refractivity contribution in [2.45, 2.75) is 75.5 Å². The SMILES string of the molecule is CO[C@@H]1COCC[C@@H]1C[C@@H]1CC[C@](CC(F)(F)F)(C(=O)N2C[C@H]3C[C@@H]2CN3c2cccc(C(F)(F)F)n2)C1. The fourth-order valence-corrected chi connectivity index (χ4v) is 7.21. The van der Waals surface area contributed by atoms with Gasteiger partial charge in [-0.1, -0.05) is 6.07 Å². The lowest BCUT2D eigenvalue weighted by molar-refractivity contribution is -0.175. The molecule has 5 rings (SSSR count). The number of carbonyl (C=O) groups excluding carboxylic acids is 1. The van der Waals surface area contributed by atoms with Gasteiger partial charge in [-0.05, 0) is 62.5 Å². The smallest absolute Gasteiger partial charge is 0.379 e. The van der Waals surface area contributed by atoms with Crippen LogP contribution in [0.4, 0.5) is 32.2 Å². The number of hydrogen-bond donors (Lipinski definition) is 0. The van der Waals surface area contributed by atoms with Gasteiger partial charge in [0, 0.05) is 26.8 Å². The van der Waals surface area contributed by atoms with Crippen molar-refractivity contribution < 1.29 is 40.6 Å². The largest absolute Gasteiger partial charge is 0.433 e. The molecule has 0 spiro atoms. The van der Waals surface area contributed by atoms with Crippen molar-refractivity contribution in [3.63, 3.8) is 0 Å². The van der Waals surface area contributed by atoms with Gasteiger partial charge in [0.25, 0.3) is 0 Å². The summed E-state index contributed by atoms with van der Waals surface area (Å²) in [5.41, 5.74) is -2.49. The maximum atomic E-state index is 13.8. The molecular formula is C26H33F6N3O3. The van der Waals surface area contributed by atoms with E-state index in [0.29, 0.717) is 32.5 Å². The molecule has 6 nitrogen and oxygen atoms in total. The van der Waals surface area contributed by atoms with Gasteiger partial charge in [-0.3, -0.25) is 4.79 Å². The highest BCUT2D eigenvalue weighted by Gasteiger charge is 2.57. The van der Waals surface area contributed by atoms with Gasteiger partial charge in [0.2, 0.25) is 5.91 Å². The first kappa shape index (κ1) is 27.5. The van der Waals surface area contributed by atoms with Crippen LogP contribution < -0.4 is 4.90 Å². The van der Waals surface area contributed by atoms with E-state index in [1.807, 2.05) is 0 Å². The van der Waals surface area contributed by atoms with Crippen molar-refractivity contribution in [3.8, 4) is 0 Å². The Kier molecular flexibility index (Phi) is 7.34. The number of nitrogens with zero attached hydrogens (tertiary/aromatic N) is 3. The van der Waals surface area contributed by atoms with Crippen molar-refractivity contribution in [3.05, 3.63) is 23.9 Å². The Morgan fingerprint density at radius 2 is 1.95 bits per heavy atom. The fourth-order valence-electron chi connectivity index (χ4n) is 7.21. The Morgan fingerprint density at radius 1 is 1.16 bits per heavy atom. The zero-order valence-electron chi connectivity index (χ0n) is 21.2. The van der Waals surface area contributed by atoms with Crippen LogP contribution in [0.25, 0.3) is 0 Å². The number of piperazine rings is 1. The molecule has 0 aromatic carbocycles. The molecule has 0 radical (unpaired) electrons. The molecule has 3 saturated heterocycles. The maximum Gasteiger partial charge on any atom is 0.433 e. The molecule has 1 saturated carbocycles. The molecule has 12 heteroatoms. The summed E-state index contributed by atoms with van der Waals surface area (Å²) in [6.45, 7) is 1.51. The molecule has 0 N–H and O–H groups in total. The van der Waals surface area contributed by atoms with E-state index in [9.17, 15) is 31.1 Å². The minimum Gasteiger partial charge on any atom is -0.379 e. The van der Waals surface area contributed by atoms with Crippen molar-refractivity contribution in [1.82, 2.24) is 9.88 Å². The number of aromatic nitrogens is 1. The molecule has 3 aliphatic heterocycles. The summed E-state index contributed by atoms with van der Waals surface area (Å²) < 4.78 is 91.8. The average molecular weight is 550 g/mol. The van der Waals surface area contributed by atoms with Gasteiger partial charge < -0.3 is 19.3 Å². The molecular weight excluding hydrogens is 516 g/mol. The summed E-state index contributed by atoms with van der Waals surface area (Å²) in [6, 6.07) is 3.08. The number of fused-ring (bicyclic) bond motifs is 2. The molecule has 38 heavy (non-hydrogen) atoms. The number of anilines is 1. The molecule has 4 heterocycles. The highest BCUT2D eigenvalue weighted by molar-refractivity contribution is 5.84. The van der Waals surface area contributed by atoms with Crippen molar-refractivity contribution in [2.24, 2.45) is 17.3 Å². The number of alkyl halides is 6. The van der Waals surface area contributed by atoms with Crippen LogP contribution >= 0.6 is 0 Å². The maximum absolute atomic E-state index is 13.8. The molecule has 0 unspecified atom stereocenters. The van der Waals surface area contributed by atoms with Gasteiger partial charge in [-0.15, -0.1) is 0 Å². The number of pyridine rings is 1. The van der Waals surface area contributed by atoms with Crippen LogP contribution in [0.5, 0.6) is 0 Å². The lowest BCUT2D eigenvalue weighted by Crippen LogP contribution is -2.54. The predicted octanol–water partition coefficient (Wildman–Crippen LogP) is 5.07. The number of hydrogen-bond acceptors (Lipinski definition) is 5. The third kappa shape index (κ3) is 5.48. The van der Waals surface area contributed by atoms with E-state index >= 15 is 0 Å². The highest BCUT2D eigenvalue weighted by atomic mass is 19.4. The minimum absolute atomic E-state index is 0.00681. The van der Waals surface area contributed by atoms with Gasteiger partial charge in [-0.25, -0.2) is 4.98 Å². The van der Waals surface area contributed by atoms with Gasteiger partial charge in [0.1, 0.15) is 11.5 Å². The molecule has 1 aliphatic carbocycles. The lowest BCUT2D eigenvalue weighted by atomic mass is 9.78. The van der Waals surface area contributed by atoms with Gasteiger partial charge in [0.15, 0.2) is 0 Å². The second-order valence-corrected chi connectivity index (χ2v) is 11.3. The van der Waals surface area contributed by atoms with E-state index in [0.717, 1.165) is 12.5 Å². The number of likely N-dealkylation sites (tertiary alicyclic amines) is 1. The van der Waals surface area contributed by atoms with Crippen molar-refractivity contribution in [2.75, 3.05) is 38.3 Å². The molecule has 1 aromatic heterocycles. The third-order valence-electron chi connectivity index (χ3n) is 8.90. The lowest BCUT2D eigenvalue weighted by Gasteiger charge is -2.40. The van der Waals surface area contributed by atoms with Crippen molar-refractivity contribution in [1.29, 1.82) is 0 Å². The van der Waals surface area contributed by atoms with Crippen molar-refractivity contribution >= 4 is 11.7 Å². The van der Waals surface area contributed by atoms with Gasteiger partial charge >= 0.3 is 12.4 Å². The monoisotopic (exact) mass is 549 g/mol. The summed E-state index contributed by atoms with van der Waals surface area (Å²) in [7, 11) is 1.61. The van der Waals surface area contributed by atoms with E-state index in [4.69, 9.17) is 9.47 Å². The summed E-state index contributed by atoms with van der Waals surface area (Å²) in [5.74, 6) is -0.106. The van der Waals surface area contributed by atoms with Crippen LogP contribution in [0, 0.1) is 17.3 Å². The van der Waals surface area contributed by atoms with Crippen LogP contribution in [0.15, 0.2) is 18.2 Å². The summed E-state index contributed by atoms with van der Waals surface area (Å²) >= 11 is 0. The average Bonchev–Trinajstić information content (AvgIpc) is 3.58. The first-order valence-corrected chi connectivity index (χ1v) is 13.2. The van der Waals surface area contributed by atoms with Crippen LogP contribution in [-0.2, 0) is 20.4 Å². The van der Waals surface area contributed by atoms with E-state index < -0.39 is 35.8 Å². The summed E-state index contributed by atoms with van der Waals surface area (Å²) in [5, 5.41) is 0. The number of carbonyl (C=O) groups is 1. The Bertz CT molecular complexity index is 1020. The first-order chi connectivity index (χ1) is 17.9. The van der Waals surface area contributed by atoms with E-state index in [1.165, 1.54) is 12.1 Å². The second kappa shape index (κ2) is 10.1. The Balaban J connectivity index is 1.29. The Morgan fingerprint density at radius 3 is 2.61 bits per heavy atom. The number of amides is 1. The zero-order valence-corrected chi connectivity index (χ0v) is 21.2. The van der Waals surface area contributed by atoms with Gasteiger partial charge in [0.05, 0.1) is 36.6 Å². The predicted molar refractivity (Wildman–Crippen MR) is 125 cm³/mol. The number of halogens is 6. The molecule has 1 aromatic rings. The van der Waals surface area contributed by atoms with Crippen LogP contribution in [-0.4, -0.2) is 73.6 Å². The zero-order chi connectivity index (χ0) is 27.3. The molecule has 212 valence electrons. The second-order valence-electron chi connectivity index (χ2n) is 11.3. The van der Waals surface area contributed by atoms with Crippen LogP contribution in [0.3, 0.4) is 0 Å². The molecule has 6 atom stereocenters. The molecule has 4 fully saturated rings. The Hall–Kier alpha value is -2.08. The van der Waals surface area contributed by atoms with Crippen LogP contribution in [0.1, 0.15) is 50.6 Å². The fraction of sp³-hybridized carbons (Fsp3) is 0.769. The van der Waals surface area contributed by atoms with E-state index in [1.54, 1.807) is 16.9 Å². The molecule has 2 bridgehead atoms. The molecule has 4 aliphatic rings. The number of ether oxygens (including phenoxy) is 2. The molecule has 1 amide bonds. The topological polar surface area (TPSA) is 54.9 Å². The summed E-state index contributed by atoms with van der Waals surface area (Å²) in [4.78, 5) is 20.9.